The predicted octanol–water partition coefficient (Wildman–Crippen LogP) is 2.62. The summed E-state index contributed by atoms with van der Waals surface area (Å²) in [5.41, 5.74) is 0. The van der Waals surface area contributed by atoms with Gasteiger partial charge >= 0.3 is 8.08 Å². The van der Waals surface area contributed by atoms with Crippen LogP contribution in [0.15, 0.2) is 0 Å². The maximum atomic E-state index is 11.0. The second-order valence-electron chi connectivity index (χ2n) is 6.69. The van der Waals surface area contributed by atoms with E-state index in [1.54, 1.807) is 7.11 Å². The monoisotopic (exact) mass is 296 g/mol. The van der Waals surface area contributed by atoms with Crippen molar-refractivity contribution in [3.05, 3.63) is 0 Å². The van der Waals surface area contributed by atoms with Crippen molar-refractivity contribution in [1.29, 1.82) is 0 Å². The molecule has 1 N–H and O–H groups in total. The smallest absolute Gasteiger partial charge is 0.332 e. The van der Waals surface area contributed by atoms with Gasteiger partial charge in [-0.05, 0) is 32.7 Å². The molecule has 0 aromatic rings. The van der Waals surface area contributed by atoms with Crippen LogP contribution in [-0.4, -0.2) is 43.2 Å². The third kappa shape index (κ3) is 3.62. The first kappa shape index (κ1) is 16.7. The summed E-state index contributed by atoms with van der Waals surface area (Å²) in [7, 11) is -6.38. The fraction of sp³-hybridized carbons (Fsp3) is 1.00. The first-order valence-corrected chi connectivity index (χ1v) is 19.4. The molecule has 7 heteroatoms. The maximum Gasteiger partial charge on any atom is 0.332 e. The van der Waals surface area contributed by atoms with Crippen LogP contribution in [0.2, 0.25) is 52.4 Å². The summed E-state index contributed by atoms with van der Waals surface area (Å²) in [6.07, 6.45) is 0. The Kier molecular flexibility index (Phi) is 5.01. The highest BCUT2D eigenvalue weighted by Gasteiger charge is 2.60. The van der Waals surface area contributed by atoms with Crippen LogP contribution in [0.4, 0.5) is 0 Å². The Balaban J connectivity index is 5.26. The fourth-order valence-corrected chi connectivity index (χ4v) is 33.5. The molecule has 0 bridgehead atoms. The van der Waals surface area contributed by atoms with Gasteiger partial charge in [0.25, 0.3) is 0 Å². The van der Waals surface area contributed by atoms with E-state index >= 15 is 0 Å². The average molecular weight is 297 g/mol. The molecule has 0 aromatic carbocycles. The Labute approximate surface area is 104 Å². The minimum atomic E-state index is -2.40. The molecule has 98 valence electrons. The molecule has 2 unspecified atom stereocenters. The van der Waals surface area contributed by atoms with E-state index in [0.29, 0.717) is 0 Å². The number of rotatable bonds is 5. The lowest BCUT2D eigenvalue weighted by atomic mass is 11.8. The molecule has 0 rings (SSSR count). The van der Waals surface area contributed by atoms with E-state index in [4.69, 9.17) is 8.54 Å². The van der Waals surface area contributed by atoms with Gasteiger partial charge in [-0.15, -0.1) is 0 Å². The lowest BCUT2D eigenvalue weighted by Crippen LogP contribution is -2.76. The molecule has 0 aromatic heterocycles. The quantitative estimate of drug-likeness (QED) is 0.793. The van der Waals surface area contributed by atoms with Crippen LogP contribution in [0.3, 0.4) is 0 Å². The molecule has 0 saturated carbocycles. The molecule has 0 aliphatic rings. The van der Waals surface area contributed by atoms with Crippen molar-refractivity contribution in [3.63, 3.8) is 0 Å². The highest BCUT2D eigenvalue weighted by Crippen LogP contribution is 2.30. The summed E-state index contributed by atoms with van der Waals surface area (Å²) >= 11 is 0. The average Bonchev–Trinajstić information content (AvgIpc) is 1.98. The normalized spacial score (nSPS) is 21.4. The minimum absolute atomic E-state index is 1.61. The second kappa shape index (κ2) is 4.79. The van der Waals surface area contributed by atoms with Gasteiger partial charge in [0, 0.05) is 7.11 Å². The van der Waals surface area contributed by atoms with E-state index in [1.165, 1.54) is 0 Å². The standard InChI is InChI=1S/C9H28O3Si4/c1-11-16(9,12-13(2,3)4)15(8,10)14(5,6)7/h10H,1-9H3. The van der Waals surface area contributed by atoms with Gasteiger partial charge in [0.2, 0.25) is 7.35 Å². The van der Waals surface area contributed by atoms with Gasteiger partial charge in [0.15, 0.2) is 8.32 Å². The fourth-order valence-electron chi connectivity index (χ4n) is 1.61. The highest BCUT2D eigenvalue weighted by atomic mass is 29.7. The van der Waals surface area contributed by atoms with Crippen molar-refractivity contribution >= 4 is 31.3 Å². The number of hydrogen-bond acceptors (Lipinski definition) is 3. The van der Waals surface area contributed by atoms with Gasteiger partial charge in [0.05, 0.1) is 7.59 Å². The van der Waals surface area contributed by atoms with Crippen LogP contribution in [0.1, 0.15) is 0 Å². The van der Waals surface area contributed by atoms with Crippen LogP contribution in [0.25, 0.3) is 0 Å². The third-order valence-electron chi connectivity index (χ3n) is 3.24. The molecule has 0 fully saturated rings. The molecule has 3 nitrogen and oxygen atoms in total. The first-order valence-electron chi connectivity index (χ1n) is 5.74. The van der Waals surface area contributed by atoms with Gasteiger partial charge in [-0.3, -0.25) is 0 Å². The zero-order valence-electron chi connectivity index (χ0n) is 12.3. The van der Waals surface area contributed by atoms with Crippen molar-refractivity contribution < 1.29 is 13.3 Å². The van der Waals surface area contributed by atoms with Crippen LogP contribution in [0, 0.1) is 0 Å². The van der Waals surface area contributed by atoms with Crippen LogP contribution in [0.5, 0.6) is 0 Å². The molecular formula is C9H28O3Si4. The lowest BCUT2D eigenvalue weighted by Gasteiger charge is -2.46. The van der Waals surface area contributed by atoms with Crippen LogP contribution in [-0.2, 0) is 8.54 Å². The molecule has 0 amide bonds. The van der Waals surface area contributed by atoms with Crippen molar-refractivity contribution in [1.82, 2.24) is 0 Å². The lowest BCUT2D eigenvalue weighted by molar-refractivity contribution is 0.316. The molecule has 16 heavy (non-hydrogen) atoms. The first-order chi connectivity index (χ1) is 6.77. The van der Waals surface area contributed by atoms with Gasteiger partial charge in [-0.1, -0.05) is 19.6 Å². The summed E-state index contributed by atoms with van der Waals surface area (Å²) in [5, 5.41) is 0. The zero-order valence-corrected chi connectivity index (χ0v) is 16.3. The summed E-state index contributed by atoms with van der Waals surface area (Å²) in [6.45, 7) is 17.2. The van der Waals surface area contributed by atoms with E-state index in [9.17, 15) is 4.80 Å². The summed E-state index contributed by atoms with van der Waals surface area (Å²) in [6, 6.07) is 0. The van der Waals surface area contributed by atoms with E-state index in [2.05, 4.69) is 45.8 Å². The largest absolute Gasteiger partial charge is 0.437 e. The molecule has 0 radical (unpaired) electrons. The van der Waals surface area contributed by atoms with Crippen molar-refractivity contribution in [3.8, 4) is 0 Å². The molecule has 2 atom stereocenters. The van der Waals surface area contributed by atoms with E-state index in [-0.39, 0.29) is 0 Å². The van der Waals surface area contributed by atoms with Gasteiger partial charge in [-0.2, -0.15) is 0 Å². The molecular weight excluding hydrogens is 268 g/mol. The maximum absolute atomic E-state index is 11.0. The van der Waals surface area contributed by atoms with Gasteiger partial charge < -0.3 is 13.3 Å². The van der Waals surface area contributed by atoms with Crippen LogP contribution >= 0.6 is 0 Å². The summed E-state index contributed by atoms with van der Waals surface area (Å²) in [5.74, 6) is 0. The Morgan fingerprint density at radius 3 is 1.38 bits per heavy atom. The van der Waals surface area contributed by atoms with E-state index in [0.717, 1.165) is 0 Å². The van der Waals surface area contributed by atoms with E-state index < -0.39 is 31.3 Å². The Morgan fingerprint density at radius 1 is 0.812 bits per heavy atom. The Morgan fingerprint density at radius 2 is 1.19 bits per heavy atom. The van der Waals surface area contributed by atoms with Crippen LogP contribution < -0.4 is 0 Å². The highest BCUT2D eigenvalue weighted by molar-refractivity contribution is 7.64. The molecule has 0 heterocycles. The Hall–Kier alpha value is 0.748. The zero-order chi connectivity index (χ0) is 13.4. The number of hydrogen-bond donors (Lipinski definition) is 1. The molecule has 0 aliphatic heterocycles. The Bertz CT molecular complexity index is 244. The van der Waals surface area contributed by atoms with E-state index in [1.807, 2.05) is 6.55 Å². The summed E-state index contributed by atoms with van der Waals surface area (Å²) < 4.78 is 12.0. The second-order valence-corrected chi connectivity index (χ2v) is 35.2. The molecule has 0 aliphatic carbocycles. The summed E-state index contributed by atoms with van der Waals surface area (Å²) in [4.78, 5) is 11.0. The predicted molar refractivity (Wildman–Crippen MR) is 80.2 cm³/mol. The SMILES string of the molecule is CO[Si](C)(O[Si](C)(C)C)[Si](C)(O)[Si](C)(C)C. The molecule has 0 spiro atoms. The molecule has 0 saturated heterocycles. The van der Waals surface area contributed by atoms with Crippen molar-refractivity contribution in [2.24, 2.45) is 0 Å². The third-order valence-corrected chi connectivity index (χ3v) is 39.1. The van der Waals surface area contributed by atoms with Crippen molar-refractivity contribution in [2.45, 2.75) is 52.4 Å². The topological polar surface area (TPSA) is 38.7 Å². The van der Waals surface area contributed by atoms with Gasteiger partial charge in [-0.25, -0.2) is 0 Å². The minimum Gasteiger partial charge on any atom is -0.437 e. The van der Waals surface area contributed by atoms with Crippen molar-refractivity contribution in [2.75, 3.05) is 7.11 Å². The van der Waals surface area contributed by atoms with Gasteiger partial charge in [0.1, 0.15) is 0 Å².